The number of anilines is 1. The molecule has 0 aliphatic heterocycles. The quantitative estimate of drug-likeness (QED) is 0.368. The van der Waals surface area contributed by atoms with Gasteiger partial charge in [0.15, 0.2) is 0 Å². The molecule has 4 aromatic rings. The summed E-state index contributed by atoms with van der Waals surface area (Å²) in [6, 6.07) is 4.09. The van der Waals surface area contributed by atoms with Gasteiger partial charge >= 0.3 is 6.18 Å². The minimum Gasteiger partial charge on any atom is -0.346 e. The Hall–Kier alpha value is -3.51. The van der Waals surface area contributed by atoms with Crippen LogP contribution in [0.3, 0.4) is 0 Å². The predicted octanol–water partition coefficient (Wildman–Crippen LogP) is 4.83. The molecule has 1 atom stereocenters. The van der Waals surface area contributed by atoms with Crippen LogP contribution in [0.15, 0.2) is 43.0 Å². The number of thiazole rings is 1. The highest BCUT2D eigenvalue weighted by Crippen LogP contribution is 2.36. The number of alkyl halides is 3. The third kappa shape index (κ3) is 4.81. The van der Waals surface area contributed by atoms with Gasteiger partial charge in [-0.2, -0.15) is 13.2 Å². The molecule has 4 rings (SSSR count). The first-order valence-corrected chi connectivity index (χ1v) is 10.6. The van der Waals surface area contributed by atoms with Gasteiger partial charge in [0.2, 0.25) is 0 Å². The summed E-state index contributed by atoms with van der Waals surface area (Å²) in [7, 11) is 0. The number of aromatic amines is 1. The molecule has 0 aliphatic rings. The van der Waals surface area contributed by atoms with E-state index in [9.17, 15) is 22.8 Å². The summed E-state index contributed by atoms with van der Waals surface area (Å²) in [4.78, 5) is 40.5. The Bertz CT molecular complexity index is 1350. The molecule has 8 nitrogen and oxygen atoms in total. The van der Waals surface area contributed by atoms with Crippen molar-refractivity contribution in [3.05, 3.63) is 69.2 Å². The number of rotatable bonds is 5. The SMILES string of the molecule is CC(NC(=O)c1ncnc2[nH]ccc12)c1ncc(C(=O)Nc2ccc(C(F)(F)F)c(Cl)c2)s1. The lowest BCUT2D eigenvalue weighted by atomic mass is 10.2. The Morgan fingerprint density at radius 2 is 1.94 bits per heavy atom. The van der Waals surface area contributed by atoms with Gasteiger partial charge in [0.1, 0.15) is 27.6 Å². The molecule has 3 N–H and O–H groups in total. The summed E-state index contributed by atoms with van der Waals surface area (Å²) < 4.78 is 38.5. The lowest BCUT2D eigenvalue weighted by molar-refractivity contribution is -0.137. The third-order valence-electron chi connectivity index (χ3n) is 4.57. The second-order valence-electron chi connectivity index (χ2n) is 6.87. The van der Waals surface area contributed by atoms with E-state index in [1.165, 1.54) is 12.5 Å². The largest absolute Gasteiger partial charge is 0.417 e. The number of nitrogens with one attached hydrogen (secondary N) is 3. The van der Waals surface area contributed by atoms with Gasteiger partial charge < -0.3 is 15.6 Å². The molecular formula is C20H14ClF3N6O2S. The standard InChI is InChI=1S/C20H14ClF3N6O2S/c1-9(29-18(32)15-11-4-5-25-16(11)28-8-27-15)19-26-7-14(33-19)17(31)30-10-2-3-12(13(21)6-10)20(22,23)24/h2-9H,1H3,(H,29,32)(H,30,31)(H,25,27,28). The van der Waals surface area contributed by atoms with E-state index in [0.717, 1.165) is 29.5 Å². The molecule has 170 valence electrons. The van der Waals surface area contributed by atoms with Crippen LogP contribution in [-0.2, 0) is 6.18 Å². The fourth-order valence-corrected chi connectivity index (χ4v) is 4.09. The molecule has 2 amide bonds. The second kappa shape index (κ2) is 8.79. The van der Waals surface area contributed by atoms with Gasteiger partial charge in [0.25, 0.3) is 11.8 Å². The van der Waals surface area contributed by atoms with Crippen LogP contribution in [0.1, 0.15) is 43.7 Å². The summed E-state index contributed by atoms with van der Waals surface area (Å²) in [6.07, 6.45) is -0.350. The van der Waals surface area contributed by atoms with Crippen molar-refractivity contribution in [3.8, 4) is 0 Å². The highest BCUT2D eigenvalue weighted by Gasteiger charge is 2.33. The first kappa shape index (κ1) is 22.7. The van der Waals surface area contributed by atoms with E-state index in [-0.39, 0.29) is 16.3 Å². The van der Waals surface area contributed by atoms with E-state index < -0.39 is 34.6 Å². The van der Waals surface area contributed by atoms with E-state index >= 15 is 0 Å². The van der Waals surface area contributed by atoms with Gasteiger partial charge in [-0.1, -0.05) is 11.6 Å². The van der Waals surface area contributed by atoms with E-state index in [4.69, 9.17) is 11.6 Å². The number of amides is 2. The van der Waals surface area contributed by atoms with Crippen molar-refractivity contribution in [2.24, 2.45) is 0 Å². The van der Waals surface area contributed by atoms with Crippen LogP contribution >= 0.6 is 22.9 Å². The molecule has 3 aromatic heterocycles. The zero-order chi connectivity index (χ0) is 23.8. The van der Waals surface area contributed by atoms with E-state index in [2.05, 4.69) is 30.6 Å². The number of hydrogen-bond acceptors (Lipinski definition) is 6. The number of benzene rings is 1. The van der Waals surface area contributed by atoms with Crippen molar-refractivity contribution in [1.82, 2.24) is 25.3 Å². The predicted molar refractivity (Wildman–Crippen MR) is 116 cm³/mol. The molecule has 0 bridgehead atoms. The molecule has 1 unspecified atom stereocenters. The van der Waals surface area contributed by atoms with Gasteiger partial charge in [-0.25, -0.2) is 15.0 Å². The van der Waals surface area contributed by atoms with Crippen LogP contribution in [-0.4, -0.2) is 31.8 Å². The van der Waals surface area contributed by atoms with Crippen LogP contribution in [0.25, 0.3) is 11.0 Å². The molecule has 33 heavy (non-hydrogen) atoms. The van der Waals surface area contributed by atoms with Crippen molar-refractivity contribution in [2.45, 2.75) is 19.1 Å². The summed E-state index contributed by atoms with van der Waals surface area (Å²) >= 11 is 6.72. The Morgan fingerprint density at radius 1 is 1.15 bits per heavy atom. The average Bonchev–Trinajstić information content (AvgIpc) is 3.42. The van der Waals surface area contributed by atoms with Crippen molar-refractivity contribution in [2.75, 3.05) is 5.32 Å². The molecular weight excluding hydrogens is 481 g/mol. The van der Waals surface area contributed by atoms with Gasteiger partial charge in [0.05, 0.1) is 28.2 Å². The Balaban J connectivity index is 1.44. The summed E-state index contributed by atoms with van der Waals surface area (Å²) in [5, 5.41) is 5.76. The fourth-order valence-electron chi connectivity index (χ4n) is 2.99. The van der Waals surface area contributed by atoms with Gasteiger partial charge in [0, 0.05) is 11.9 Å². The monoisotopic (exact) mass is 494 g/mol. The van der Waals surface area contributed by atoms with E-state index in [0.29, 0.717) is 16.0 Å². The average molecular weight is 495 g/mol. The summed E-state index contributed by atoms with van der Waals surface area (Å²) in [5.41, 5.74) is -0.165. The lowest BCUT2D eigenvalue weighted by Gasteiger charge is -2.11. The maximum atomic E-state index is 12.8. The second-order valence-corrected chi connectivity index (χ2v) is 8.34. The van der Waals surface area contributed by atoms with Crippen LogP contribution in [0, 0.1) is 0 Å². The smallest absolute Gasteiger partial charge is 0.346 e. The minimum absolute atomic E-state index is 0.105. The van der Waals surface area contributed by atoms with Crippen LogP contribution in [0.4, 0.5) is 18.9 Å². The Labute approximate surface area is 193 Å². The number of hydrogen-bond donors (Lipinski definition) is 3. The molecule has 0 aliphatic carbocycles. The van der Waals surface area contributed by atoms with Crippen molar-refractivity contribution in [3.63, 3.8) is 0 Å². The van der Waals surface area contributed by atoms with Crippen LogP contribution in [0.5, 0.6) is 0 Å². The van der Waals surface area contributed by atoms with Crippen molar-refractivity contribution >= 4 is 51.5 Å². The molecule has 0 saturated heterocycles. The van der Waals surface area contributed by atoms with Crippen molar-refractivity contribution < 1.29 is 22.8 Å². The molecule has 0 saturated carbocycles. The number of halogens is 4. The zero-order valence-electron chi connectivity index (χ0n) is 16.7. The van der Waals surface area contributed by atoms with Gasteiger partial charge in [-0.3, -0.25) is 9.59 Å². The number of H-pyrrole nitrogens is 1. The first-order valence-electron chi connectivity index (χ1n) is 9.36. The maximum absolute atomic E-state index is 12.8. The number of fused-ring (bicyclic) bond motifs is 1. The first-order chi connectivity index (χ1) is 15.6. The van der Waals surface area contributed by atoms with Crippen LogP contribution < -0.4 is 10.6 Å². The molecule has 0 radical (unpaired) electrons. The highest BCUT2D eigenvalue weighted by molar-refractivity contribution is 7.13. The van der Waals surface area contributed by atoms with Crippen molar-refractivity contribution in [1.29, 1.82) is 0 Å². The summed E-state index contributed by atoms with van der Waals surface area (Å²) in [6.45, 7) is 1.70. The normalized spacial score (nSPS) is 12.5. The highest BCUT2D eigenvalue weighted by atomic mass is 35.5. The fraction of sp³-hybridized carbons (Fsp3) is 0.150. The Kier molecular flexibility index (Phi) is 6.04. The van der Waals surface area contributed by atoms with Crippen LogP contribution in [0.2, 0.25) is 5.02 Å². The molecule has 0 spiro atoms. The molecule has 0 fully saturated rings. The van der Waals surface area contributed by atoms with E-state index in [1.54, 1.807) is 19.2 Å². The Morgan fingerprint density at radius 3 is 2.67 bits per heavy atom. The van der Waals surface area contributed by atoms with Gasteiger partial charge in [-0.05, 0) is 31.2 Å². The summed E-state index contributed by atoms with van der Waals surface area (Å²) in [5.74, 6) is -1.01. The minimum atomic E-state index is -4.59. The zero-order valence-corrected chi connectivity index (χ0v) is 18.3. The molecule has 1 aromatic carbocycles. The number of aromatic nitrogens is 4. The number of carbonyl (C=O) groups is 2. The maximum Gasteiger partial charge on any atom is 0.417 e. The number of carbonyl (C=O) groups excluding carboxylic acids is 2. The van der Waals surface area contributed by atoms with Gasteiger partial charge in [-0.15, -0.1) is 11.3 Å². The number of nitrogens with zero attached hydrogens (tertiary/aromatic N) is 3. The molecule has 3 heterocycles. The topological polar surface area (TPSA) is 113 Å². The lowest BCUT2D eigenvalue weighted by Crippen LogP contribution is -2.27. The molecule has 13 heteroatoms. The van der Waals surface area contributed by atoms with E-state index in [1.807, 2.05) is 0 Å². The third-order valence-corrected chi connectivity index (χ3v) is 6.06.